The molecule has 0 spiro atoms. The highest BCUT2D eigenvalue weighted by Crippen LogP contribution is 2.32. The van der Waals surface area contributed by atoms with Gasteiger partial charge < -0.3 is 10.1 Å². The molecular formula is C13H17F3N2O2. The summed E-state index contributed by atoms with van der Waals surface area (Å²) >= 11 is 0. The summed E-state index contributed by atoms with van der Waals surface area (Å²) in [5.41, 5.74) is -1.35. The van der Waals surface area contributed by atoms with E-state index in [1.807, 2.05) is 0 Å². The zero-order chi connectivity index (χ0) is 15.6. The number of amides is 1. The van der Waals surface area contributed by atoms with Crippen molar-refractivity contribution in [3.8, 4) is 0 Å². The summed E-state index contributed by atoms with van der Waals surface area (Å²) in [5.74, 6) is 0. The Labute approximate surface area is 115 Å². The molecule has 0 atom stereocenters. The molecule has 0 saturated carbocycles. The fraction of sp³-hybridized carbons (Fsp3) is 0.538. The van der Waals surface area contributed by atoms with Crippen LogP contribution in [0.4, 0.5) is 18.0 Å². The molecular weight excluding hydrogens is 273 g/mol. The van der Waals surface area contributed by atoms with Crippen molar-refractivity contribution in [2.45, 2.75) is 46.0 Å². The molecule has 1 amide bonds. The van der Waals surface area contributed by atoms with E-state index in [-0.39, 0.29) is 17.8 Å². The largest absolute Gasteiger partial charge is 0.444 e. The first kappa shape index (κ1) is 16.3. The van der Waals surface area contributed by atoms with Gasteiger partial charge in [0.2, 0.25) is 0 Å². The van der Waals surface area contributed by atoms with E-state index in [4.69, 9.17) is 4.74 Å². The van der Waals surface area contributed by atoms with Crippen LogP contribution in [0.25, 0.3) is 0 Å². The van der Waals surface area contributed by atoms with Gasteiger partial charge in [0.15, 0.2) is 0 Å². The molecule has 0 fully saturated rings. The average Bonchev–Trinajstić information content (AvgIpc) is 2.23. The monoisotopic (exact) mass is 290 g/mol. The number of nitrogens with one attached hydrogen (secondary N) is 1. The van der Waals surface area contributed by atoms with Crippen LogP contribution in [-0.4, -0.2) is 16.7 Å². The number of carbonyl (C=O) groups is 1. The zero-order valence-corrected chi connectivity index (χ0v) is 11.8. The Morgan fingerprint density at radius 2 is 1.95 bits per heavy atom. The SMILES string of the molecule is Cc1cc(C(F)(F)F)c(CNC(=O)OC(C)(C)C)cn1. The van der Waals surface area contributed by atoms with Gasteiger partial charge in [0.1, 0.15) is 5.60 Å². The van der Waals surface area contributed by atoms with Gasteiger partial charge >= 0.3 is 12.3 Å². The number of pyridine rings is 1. The molecule has 1 heterocycles. The first-order valence-electron chi connectivity index (χ1n) is 5.98. The summed E-state index contributed by atoms with van der Waals surface area (Å²) in [5, 5.41) is 2.29. The minimum Gasteiger partial charge on any atom is -0.444 e. The van der Waals surface area contributed by atoms with Crippen LogP contribution in [0.15, 0.2) is 12.3 Å². The number of carbonyl (C=O) groups excluding carboxylic acids is 1. The van der Waals surface area contributed by atoms with E-state index < -0.39 is 23.4 Å². The maximum atomic E-state index is 12.9. The molecule has 0 aliphatic carbocycles. The fourth-order valence-electron chi connectivity index (χ4n) is 1.47. The molecule has 0 saturated heterocycles. The lowest BCUT2D eigenvalue weighted by Crippen LogP contribution is -2.32. The Bertz CT molecular complexity index is 493. The lowest BCUT2D eigenvalue weighted by atomic mass is 10.1. The summed E-state index contributed by atoms with van der Waals surface area (Å²) in [4.78, 5) is 15.2. The molecule has 0 aliphatic heterocycles. The Morgan fingerprint density at radius 3 is 2.45 bits per heavy atom. The first-order chi connectivity index (χ1) is 8.99. The van der Waals surface area contributed by atoms with Crippen molar-refractivity contribution in [2.24, 2.45) is 0 Å². The van der Waals surface area contributed by atoms with Crippen LogP contribution in [0.1, 0.15) is 37.6 Å². The number of alkyl halides is 3. The molecule has 1 N–H and O–H groups in total. The lowest BCUT2D eigenvalue weighted by molar-refractivity contribution is -0.138. The summed E-state index contributed by atoms with van der Waals surface area (Å²) < 4.78 is 43.5. The third-order valence-corrected chi connectivity index (χ3v) is 2.25. The summed E-state index contributed by atoms with van der Waals surface area (Å²) in [6, 6.07) is 0.951. The first-order valence-corrected chi connectivity index (χ1v) is 5.98. The van der Waals surface area contributed by atoms with Gasteiger partial charge in [0.25, 0.3) is 0 Å². The van der Waals surface area contributed by atoms with Crippen molar-refractivity contribution in [1.29, 1.82) is 0 Å². The van der Waals surface area contributed by atoms with Gasteiger partial charge in [0, 0.05) is 24.0 Å². The molecule has 0 unspecified atom stereocenters. The van der Waals surface area contributed by atoms with Crippen LogP contribution in [0.2, 0.25) is 0 Å². The molecule has 1 rings (SSSR count). The van der Waals surface area contributed by atoms with E-state index in [0.29, 0.717) is 0 Å². The average molecular weight is 290 g/mol. The zero-order valence-electron chi connectivity index (χ0n) is 11.8. The predicted octanol–water partition coefficient (Wildman–Crippen LogP) is 3.43. The van der Waals surface area contributed by atoms with Crippen LogP contribution in [0, 0.1) is 6.92 Å². The highest BCUT2D eigenvalue weighted by molar-refractivity contribution is 5.67. The van der Waals surface area contributed by atoms with E-state index >= 15 is 0 Å². The predicted molar refractivity (Wildman–Crippen MR) is 67.0 cm³/mol. The minimum absolute atomic E-state index is 0.103. The molecule has 112 valence electrons. The molecule has 0 aromatic carbocycles. The quantitative estimate of drug-likeness (QED) is 0.907. The van der Waals surface area contributed by atoms with Crippen molar-refractivity contribution in [3.05, 3.63) is 29.1 Å². The number of aryl methyl sites for hydroxylation is 1. The Balaban J connectivity index is 2.81. The van der Waals surface area contributed by atoms with E-state index in [1.54, 1.807) is 20.8 Å². The van der Waals surface area contributed by atoms with E-state index in [2.05, 4.69) is 10.3 Å². The number of ether oxygens (including phenoxy) is 1. The van der Waals surface area contributed by atoms with Crippen LogP contribution < -0.4 is 5.32 Å². The molecule has 1 aromatic heterocycles. The molecule has 0 radical (unpaired) electrons. The summed E-state index contributed by atoms with van der Waals surface area (Å²) in [6.45, 7) is 6.18. The van der Waals surface area contributed by atoms with E-state index in [1.165, 1.54) is 6.92 Å². The van der Waals surface area contributed by atoms with Crippen LogP contribution in [0.3, 0.4) is 0 Å². The second kappa shape index (κ2) is 5.68. The molecule has 20 heavy (non-hydrogen) atoms. The maximum Gasteiger partial charge on any atom is 0.416 e. The molecule has 4 nitrogen and oxygen atoms in total. The van der Waals surface area contributed by atoms with Crippen LogP contribution >= 0.6 is 0 Å². The van der Waals surface area contributed by atoms with Crippen molar-refractivity contribution in [2.75, 3.05) is 0 Å². The molecule has 7 heteroatoms. The Kier molecular flexibility index (Phi) is 4.62. The van der Waals surface area contributed by atoms with Gasteiger partial charge in [-0.1, -0.05) is 0 Å². The smallest absolute Gasteiger partial charge is 0.416 e. The maximum absolute atomic E-state index is 12.9. The van der Waals surface area contributed by atoms with E-state index in [0.717, 1.165) is 12.3 Å². The van der Waals surface area contributed by atoms with Crippen LogP contribution in [-0.2, 0) is 17.5 Å². The second-order valence-electron chi connectivity index (χ2n) is 5.34. The topological polar surface area (TPSA) is 51.2 Å². The Morgan fingerprint density at radius 1 is 1.35 bits per heavy atom. The number of rotatable bonds is 2. The molecule has 0 bridgehead atoms. The number of nitrogens with zero attached hydrogens (tertiary/aromatic N) is 1. The van der Waals surface area contributed by atoms with Gasteiger partial charge in [-0.3, -0.25) is 4.98 Å². The van der Waals surface area contributed by atoms with Gasteiger partial charge in [-0.2, -0.15) is 13.2 Å². The van der Waals surface area contributed by atoms with Crippen LogP contribution in [0.5, 0.6) is 0 Å². The second-order valence-corrected chi connectivity index (χ2v) is 5.34. The lowest BCUT2D eigenvalue weighted by Gasteiger charge is -2.20. The third-order valence-electron chi connectivity index (χ3n) is 2.25. The van der Waals surface area contributed by atoms with Gasteiger partial charge in [0.05, 0.1) is 5.56 Å². The van der Waals surface area contributed by atoms with Crippen molar-refractivity contribution in [1.82, 2.24) is 10.3 Å². The highest BCUT2D eigenvalue weighted by atomic mass is 19.4. The van der Waals surface area contributed by atoms with Crippen molar-refractivity contribution < 1.29 is 22.7 Å². The van der Waals surface area contributed by atoms with Gasteiger partial charge in [-0.05, 0) is 33.8 Å². The number of alkyl carbamates (subject to hydrolysis) is 1. The van der Waals surface area contributed by atoms with Gasteiger partial charge in [-0.25, -0.2) is 4.79 Å². The molecule has 1 aromatic rings. The number of aromatic nitrogens is 1. The normalized spacial score (nSPS) is 12.2. The molecule has 0 aliphatic rings. The van der Waals surface area contributed by atoms with E-state index in [9.17, 15) is 18.0 Å². The number of hydrogen-bond donors (Lipinski definition) is 1. The summed E-state index contributed by atoms with van der Waals surface area (Å²) in [7, 11) is 0. The Hall–Kier alpha value is -1.79. The van der Waals surface area contributed by atoms with Gasteiger partial charge in [-0.15, -0.1) is 0 Å². The van der Waals surface area contributed by atoms with Crippen molar-refractivity contribution in [3.63, 3.8) is 0 Å². The standard InChI is InChI=1S/C13H17F3N2O2/c1-8-5-10(13(14,15)16)9(6-17-8)7-18-11(19)20-12(2,3)4/h5-6H,7H2,1-4H3,(H,18,19). The minimum atomic E-state index is -4.49. The number of hydrogen-bond acceptors (Lipinski definition) is 3. The fourth-order valence-corrected chi connectivity index (χ4v) is 1.47. The highest BCUT2D eigenvalue weighted by Gasteiger charge is 2.33. The third kappa shape index (κ3) is 5.07. The summed E-state index contributed by atoms with van der Waals surface area (Å²) in [6.07, 6.45) is -4.15. The van der Waals surface area contributed by atoms with Crippen molar-refractivity contribution >= 4 is 6.09 Å². The number of halogens is 3.